The van der Waals surface area contributed by atoms with Crippen molar-refractivity contribution in [3.05, 3.63) is 77.9 Å². The summed E-state index contributed by atoms with van der Waals surface area (Å²) in [6.07, 6.45) is 4.63. The Hall–Kier alpha value is -4.31. The van der Waals surface area contributed by atoms with Gasteiger partial charge in [-0.05, 0) is 84.0 Å². The van der Waals surface area contributed by atoms with Crippen LogP contribution >= 0.6 is 0 Å². The lowest BCUT2D eigenvalue weighted by atomic mass is 9.77. The first-order chi connectivity index (χ1) is 18.5. The summed E-state index contributed by atoms with van der Waals surface area (Å²) in [5.74, 6) is 0.762. The zero-order valence-corrected chi connectivity index (χ0v) is 21.2. The van der Waals surface area contributed by atoms with E-state index in [0.717, 1.165) is 48.1 Å². The van der Waals surface area contributed by atoms with Crippen molar-refractivity contribution in [2.24, 2.45) is 5.92 Å². The number of benzene rings is 3. The molecule has 3 aromatic carbocycles. The fourth-order valence-electron chi connectivity index (χ4n) is 5.49. The van der Waals surface area contributed by atoms with Crippen LogP contribution in [0, 0.1) is 17.2 Å². The van der Waals surface area contributed by atoms with Crippen molar-refractivity contribution in [2.75, 3.05) is 23.4 Å². The Morgan fingerprint density at radius 3 is 2.37 bits per heavy atom. The fourth-order valence-corrected chi connectivity index (χ4v) is 5.49. The van der Waals surface area contributed by atoms with Gasteiger partial charge in [0.25, 0.3) is 0 Å². The Bertz CT molecular complexity index is 1340. The Kier molecular flexibility index (Phi) is 7.60. The van der Waals surface area contributed by atoms with E-state index in [0.29, 0.717) is 42.8 Å². The van der Waals surface area contributed by atoms with Crippen molar-refractivity contribution < 1.29 is 19.4 Å². The third kappa shape index (κ3) is 5.81. The molecule has 0 bridgehead atoms. The first-order valence-corrected chi connectivity index (χ1v) is 13.1. The number of hydrogen-bond acceptors (Lipinski definition) is 4. The summed E-state index contributed by atoms with van der Waals surface area (Å²) < 4.78 is 5.92. The van der Waals surface area contributed by atoms with E-state index < -0.39 is 5.97 Å². The fraction of sp³-hybridized carbons (Fsp3) is 0.323. The lowest BCUT2D eigenvalue weighted by molar-refractivity contribution is -0.138. The predicted molar refractivity (Wildman–Crippen MR) is 146 cm³/mol. The largest absolute Gasteiger partial charge is 0.490 e. The Morgan fingerprint density at radius 2 is 1.68 bits per heavy atom. The van der Waals surface area contributed by atoms with Gasteiger partial charge in [-0.2, -0.15) is 5.26 Å². The number of nitrogens with zero attached hydrogens (tertiary/aromatic N) is 2. The number of nitriles is 1. The first kappa shape index (κ1) is 25.3. The molecule has 3 aromatic rings. The standard InChI is InChI=1S/C31H31N3O4/c32-16-15-21-3-12-27(13-4-21)33-31(37)34-17-18-38-29-20-26(11-14-28(29)34)25-9-7-24(8-10-25)23-5-1-22(2-6-23)19-30(35)36/h3-4,7-14,20,22-23H,1-2,5-6,15,17-19H2,(H,33,37)(H,35,36). The molecule has 1 fully saturated rings. The zero-order chi connectivity index (χ0) is 26.5. The third-order valence-corrected chi connectivity index (χ3v) is 7.58. The molecule has 2 aliphatic rings. The van der Waals surface area contributed by atoms with Crippen molar-refractivity contribution in [1.29, 1.82) is 5.26 Å². The van der Waals surface area contributed by atoms with E-state index >= 15 is 0 Å². The Balaban J connectivity index is 1.25. The van der Waals surface area contributed by atoms with E-state index in [4.69, 9.17) is 15.1 Å². The minimum absolute atomic E-state index is 0.224. The molecule has 1 aliphatic heterocycles. The number of aliphatic carboxylic acids is 1. The van der Waals surface area contributed by atoms with Gasteiger partial charge >= 0.3 is 12.0 Å². The highest BCUT2D eigenvalue weighted by Gasteiger charge is 2.25. The molecule has 1 aliphatic carbocycles. The molecule has 7 heteroatoms. The molecule has 1 heterocycles. The number of rotatable bonds is 6. The summed E-state index contributed by atoms with van der Waals surface area (Å²) in [6, 6.07) is 23.7. The van der Waals surface area contributed by atoms with Crippen LogP contribution in [-0.4, -0.2) is 30.3 Å². The summed E-state index contributed by atoms with van der Waals surface area (Å²) >= 11 is 0. The van der Waals surface area contributed by atoms with Gasteiger partial charge in [-0.25, -0.2) is 4.79 Å². The molecule has 7 nitrogen and oxygen atoms in total. The van der Waals surface area contributed by atoms with Gasteiger partial charge < -0.3 is 15.2 Å². The molecule has 0 aromatic heterocycles. The monoisotopic (exact) mass is 509 g/mol. The topological polar surface area (TPSA) is 103 Å². The zero-order valence-electron chi connectivity index (χ0n) is 21.2. The smallest absolute Gasteiger partial charge is 0.326 e. The van der Waals surface area contributed by atoms with E-state index in [1.165, 1.54) is 5.56 Å². The van der Waals surface area contributed by atoms with Crippen LogP contribution < -0.4 is 15.0 Å². The third-order valence-electron chi connectivity index (χ3n) is 7.58. The molecule has 0 unspecified atom stereocenters. The predicted octanol–water partition coefficient (Wildman–Crippen LogP) is 6.60. The summed E-state index contributed by atoms with van der Waals surface area (Å²) in [5, 5.41) is 20.8. The number of nitrogens with one attached hydrogen (secondary N) is 1. The number of amides is 2. The van der Waals surface area contributed by atoms with E-state index in [9.17, 15) is 9.59 Å². The van der Waals surface area contributed by atoms with Crippen LogP contribution in [0.1, 0.15) is 49.1 Å². The molecule has 0 spiro atoms. The van der Waals surface area contributed by atoms with Gasteiger partial charge in [0.2, 0.25) is 0 Å². The number of hydrogen-bond donors (Lipinski definition) is 2. The number of carboxylic acid groups (broad SMARTS) is 1. The van der Waals surface area contributed by atoms with Crippen molar-refractivity contribution in [3.63, 3.8) is 0 Å². The lowest BCUT2D eigenvalue weighted by Gasteiger charge is -2.30. The maximum absolute atomic E-state index is 13.0. The van der Waals surface area contributed by atoms with Crippen molar-refractivity contribution in [2.45, 2.75) is 44.4 Å². The van der Waals surface area contributed by atoms with Gasteiger partial charge in [0, 0.05) is 12.1 Å². The van der Waals surface area contributed by atoms with Crippen LogP contribution in [0.15, 0.2) is 66.7 Å². The van der Waals surface area contributed by atoms with E-state index in [1.54, 1.807) is 17.0 Å². The second-order valence-corrected chi connectivity index (χ2v) is 10.1. The molecule has 1 saturated carbocycles. The number of carboxylic acids is 1. The summed E-state index contributed by atoms with van der Waals surface area (Å²) in [7, 11) is 0. The van der Waals surface area contributed by atoms with Gasteiger partial charge in [-0.1, -0.05) is 42.5 Å². The molecule has 2 amide bonds. The minimum Gasteiger partial charge on any atom is -0.490 e. The molecule has 0 atom stereocenters. The average molecular weight is 510 g/mol. The highest BCUT2D eigenvalue weighted by molar-refractivity contribution is 6.03. The van der Waals surface area contributed by atoms with Crippen molar-refractivity contribution in [1.82, 2.24) is 0 Å². The van der Waals surface area contributed by atoms with Gasteiger partial charge in [0.1, 0.15) is 12.4 Å². The molecular weight excluding hydrogens is 478 g/mol. The molecule has 194 valence electrons. The van der Waals surface area contributed by atoms with Crippen LogP contribution in [0.4, 0.5) is 16.2 Å². The van der Waals surface area contributed by atoms with Crippen molar-refractivity contribution >= 4 is 23.4 Å². The molecule has 5 rings (SSSR count). The lowest BCUT2D eigenvalue weighted by Crippen LogP contribution is -2.40. The Labute approximate surface area is 222 Å². The van der Waals surface area contributed by atoms with Gasteiger partial charge in [0.15, 0.2) is 0 Å². The van der Waals surface area contributed by atoms with E-state index in [1.807, 2.05) is 30.3 Å². The van der Waals surface area contributed by atoms with Crippen LogP contribution in [0.2, 0.25) is 0 Å². The maximum Gasteiger partial charge on any atom is 0.326 e. The summed E-state index contributed by atoms with van der Waals surface area (Å²) in [5.41, 5.74) is 5.73. The SMILES string of the molecule is N#CCc1ccc(NC(=O)N2CCOc3cc(-c4ccc(C5CCC(CC(=O)O)CC5)cc4)ccc32)cc1. The van der Waals surface area contributed by atoms with Crippen LogP contribution in [0.25, 0.3) is 11.1 Å². The molecule has 0 saturated heterocycles. The van der Waals surface area contributed by atoms with E-state index in [-0.39, 0.29) is 12.5 Å². The molecule has 0 radical (unpaired) electrons. The van der Waals surface area contributed by atoms with Gasteiger partial charge in [-0.3, -0.25) is 9.69 Å². The van der Waals surface area contributed by atoms with Gasteiger partial charge in [0.05, 0.1) is 24.7 Å². The van der Waals surface area contributed by atoms with Gasteiger partial charge in [-0.15, -0.1) is 0 Å². The highest BCUT2D eigenvalue weighted by atomic mass is 16.5. The molecule has 38 heavy (non-hydrogen) atoms. The minimum atomic E-state index is -0.696. The summed E-state index contributed by atoms with van der Waals surface area (Å²) in [4.78, 5) is 25.7. The highest BCUT2D eigenvalue weighted by Crippen LogP contribution is 2.39. The quantitative estimate of drug-likeness (QED) is 0.390. The van der Waals surface area contributed by atoms with Crippen LogP contribution in [0.3, 0.4) is 0 Å². The first-order valence-electron chi connectivity index (χ1n) is 13.1. The summed E-state index contributed by atoms with van der Waals surface area (Å²) in [6.45, 7) is 0.864. The van der Waals surface area contributed by atoms with Crippen LogP contribution in [-0.2, 0) is 11.2 Å². The number of anilines is 2. The second-order valence-electron chi connectivity index (χ2n) is 10.1. The molecular formula is C31H31N3O4. The van der Waals surface area contributed by atoms with Crippen LogP contribution in [0.5, 0.6) is 5.75 Å². The average Bonchev–Trinajstić information content (AvgIpc) is 2.94. The normalized spacial score (nSPS) is 18.6. The number of ether oxygens (including phenoxy) is 1. The van der Waals surface area contributed by atoms with E-state index in [2.05, 4.69) is 35.7 Å². The number of carbonyl (C=O) groups excluding carboxylic acids is 1. The maximum atomic E-state index is 13.0. The number of carbonyl (C=O) groups is 2. The number of fused-ring (bicyclic) bond motifs is 1. The molecule has 2 N–H and O–H groups in total. The Morgan fingerprint density at radius 1 is 0.974 bits per heavy atom. The number of urea groups is 1. The van der Waals surface area contributed by atoms with Crippen molar-refractivity contribution in [3.8, 4) is 22.9 Å². The second kappa shape index (κ2) is 11.4.